The molecule has 1 fully saturated rings. The Morgan fingerprint density at radius 3 is 2.18 bits per heavy atom. The Morgan fingerprint density at radius 2 is 1.57 bits per heavy atom. The molecule has 0 unspecified atom stereocenters. The van der Waals surface area contributed by atoms with Gasteiger partial charge < -0.3 is 4.74 Å². The Labute approximate surface area is 171 Å². The lowest BCUT2D eigenvalue weighted by molar-refractivity contribution is 0.249. The smallest absolute Gasteiger partial charge is 0.137 e. The van der Waals surface area contributed by atoms with Gasteiger partial charge in [0.25, 0.3) is 0 Å². The molecule has 1 aromatic heterocycles. The van der Waals surface area contributed by atoms with Gasteiger partial charge in [0, 0.05) is 5.56 Å². The number of nitrogens with zero attached hydrogens (tertiary/aromatic N) is 1. The predicted molar refractivity (Wildman–Crippen MR) is 119 cm³/mol. The van der Waals surface area contributed by atoms with Gasteiger partial charge in [-0.2, -0.15) is 0 Å². The Bertz CT molecular complexity index is 669. The molecule has 0 atom stereocenters. The van der Waals surface area contributed by atoms with E-state index in [0.29, 0.717) is 6.61 Å². The van der Waals surface area contributed by atoms with Gasteiger partial charge in [0.1, 0.15) is 5.75 Å². The third kappa shape index (κ3) is 6.36. The molecule has 0 saturated heterocycles. The summed E-state index contributed by atoms with van der Waals surface area (Å²) >= 11 is 0. The Morgan fingerprint density at radius 1 is 0.857 bits per heavy atom. The second-order valence-corrected chi connectivity index (χ2v) is 8.43. The van der Waals surface area contributed by atoms with E-state index in [1.54, 1.807) is 0 Å². The molecule has 0 spiro atoms. The van der Waals surface area contributed by atoms with Crippen LogP contribution in [0.3, 0.4) is 0 Å². The van der Waals surface area contributed by atoms with Crippen molar-refractivity contribution in [3.8, 4) is 17.0 Å². The summed E-state index contributed by atoms with van der Waals surface area (Å²) in [5.41, 5.74) is 3.65. The molecular weight excluding hydrogens is 342 g/mol. The number of ether oxygens (including phenoxy) is 1. The molecule has 0 amide bonds. The van der Waals surface area contributed by atoms with Crippen molar-refractivity contribution in [2.24, 2.45) is 11.8 Å². The van der Waals surface area contributed by atoms with Gasteiger partial charge in [0.15, 0.2) is 0 Å². The summed E-state index contributed by atoms with van der Waals surface area (Å²) in [6.45, 7) is 4.97. The van der Waals surface area contributed by atoms with Crippen LogP contribution in [-0.4, -0.2) is 11.6 Å². The second kappa shape index (κ2) is 11.2. The third-order valence-corrected chi connectivity index (χ3v) is 6.32. The molecule has 2 nitrogen and oxygen atoms in total. The van der Waals surface area contributed by atoms with Crippen LogP contribution < -0.4 is 4.74 Å². The molecule has 1 aliphatic rings. The molecule has 0 aliphatic heterocycles. The molecule has 3 rings (SSSR count). The molecule has 28 heavy (non-hydrogen) atoms. The second-order valence-electron chi connectivity index (χ2n) is 8.43. The highest BCUT2D eigenvalue weighted by Gasteiger charge is 2.20. The normalized spacial score (nSPS) is 19.5. The van der Waals surface area contributed by atoms with E-state index >= 15 is 0 Å². The maximum absolute atomic E-state index is 5.47. The molecule has 0 N–H and O–H groups in total. The van der Waals surface area contributed by atoms with E-state index in [1.165, 1.54) is 75.3 Å². The summed E-state index contributed by atoms with van der Waals surface area (Å²) < 4.78 is 5.47. The molecule has 1 aromatic carbocycles. The Balaban J connectivity index is 1.42. The van der Waals surface area contributed by atoms with Crippen molar-refractivity contribution in [2.75, 3.05) is 6.61 Å². The van der Waals surface area contributed by atoms with Crippen molar-refractivity contribution in [3.63, 3.8) is 0 Å². The zero-order chi connectivity index (χ0) is 19.6. The quantitative estimate of drug-likeness (QED) is 0.399. The van der Waals surface area contributed by atoms with E-state index in [9.17, 15) is 0 Å². The lowest BCUT2D eigenvalue weighted by Gasteiger charge is -2.28. The van der Waals surface area contributed by atoms with Gasteiger partial charge in [0.2, 0.25) is 0 Å². The lowest BCUT2D eigenvalue weighted by Crippen LogP contribution is -2.15. The fourth-order valence-electron chi connectivity index (χ4n) is 4.51. The van der Waals surface area contributed by atoms with Crippen molar-refractivity contribution >= 4 is 0 Å². The van der Waals surface area contributed by atoms with Gasteiger partial charge in [-0.15, -0.1) is 0 Å². The van der Waals surface area contributed by atoms with Gasteiger partial charge in [-0.25, -0.2) is 0 Å². The van der Waals surface area contributed by atoms with Gasteiger partial charge >= 0.3 is 0 Å². The number of aryl methyl sites for hydroxylation is 1. The molecular formula is C26H37NO. The number of rotatable bonds is 10. The third-order valence-electron chi connectivity index (χ3n) is 6.32. The highest BCUT2D eigenvalue weighted by Crippen LogP contribution is 2.34. The predicted octanol–water partition coefficient (Wildman–Crippen LogP) is 7.47. The van der Waals surface area contributed by atoms with E-state index in [-0.39, 0.29) is 0 Å². The van der Waals surface area contributed by atoms with Gasteiger partial charge in [-0.3, -0.25) is 4.98 Å². The maximum atomic E-state index is 5.47. The first-order valence-corrected chi connectivity index (χ1v) is 11.5. The summed E-state index contributed by atoms with van der Waals surface area (Å²) in [5.74, 6) is 2.79. The van der Waals surface area contributed by atoms with Crippen molar-refractivity contribution in [1.82, 2.24) is 4.98 Å². The fraction of sp³-hybridized carbons (Fsp3) is 0.577. The highest BCUT2D eigenvalue weighted by atomic mass is 16.5. The molecule has 1 saturated carbocycles. The van der Waals surface area contributed by atoms with Crippen LogP contribution in [0.4, 0.5) is 0 Å². The number of aromatic nitrogens is 1. The maximum Gasteiger partial charge on any atom is 0.137 e. The topological polar surface area (TPSA) is 22.1 Å². The molecule has 1 heterocycles. The lowest BCUT2D eigenvalue weighted by atomic mass is 9.78. The van der Waals surface area contributed by atoms with Crippen LogP contribution in [-0.2, 0) is 6.42 Å². The zero-order valence-corrected chi connectivity index (χ0v) is 17.8. The monoisotopic (exact) mass is 379 g/mol. The minimum absolute atomic E-state index is 0.677. The molecule has 1 aliphatic carbocycles. The van der Waals surface area contributed by atoms with Gasteiger partial charge in [-0.05, 0) is 49.3 Å². The number of pyridine rings is 1. The number of hydrogen-bond acceptors (Lipinski definition) is 2. The highest BCUT2D eigenvalue weighted by molar-refractivity contribution is 5.59. The largest absolute Gasteiger partial charge is 0.492 e. The number of benzene rings is 1. The average Bonchev–Trinajstić information content (AvgIpc) is 2.75. The van der Waals surface area contributed by atoms with Crippen LogP contribution in [0, 0.1) is 11.8 Å². The summed E-state index contributed by atoms with van der Waals surface area (Å²) in [5, 5.41) is 0. The first kappa shape index (κ1) is 20.9. The molecule has 0 radical (unpaired) electrons. The van der Waals surface area contributed by atoms with Gasteiger partial charge in [0.05, 0.1) is 18.5 Å². The van der Waals surface area contributed by atoms with Crippen molar-refractivity contribution in [1.29, 1.82) is 0 Å². The minimum atomic E-state index is 0.677. The Hall–Kier alpha value is -1.83. The zero-order valence-electron chi connectivity index (χ0n) is 17.8. The standard InChI is InChI=1S/C26H37NO/c1-3-5-6-7-21-8-10-22(11-9-21)12-13-23-14-16-24(17-15-23)26-19-18-25(20-27-26)28-4-2/h14-22H,3-13H2,1-2H3/t21-,22-. The molecule has 2 heteroatoms. The first-order valence-electron chi connectivity index (χ1n) is 11.5. The number of hydrogen-bond donors (Lipinski definition) is 0. The van der Waals surface area contributed by atoms with Crippen molar-refractivity contribution in [2.45, 2.75) is 78.1 Å². The minimum Gasteiger partial charge on any atom is -0.492 e. The van der Waals surface area contributed by atoms with Crippen LogP contribution in [0.5, 0.6) is 5.75 Å². The van der Waals surface area contributed by atoms with E-state index in [0.717, 1.165) is 23.3 Å². The molecule has 2 aromatic rings. The summed E-state index contributed by atoms with van der Waals surface area (Å²) in [4.78, 5) is 4.53. The van der Waals surface area contributed by atoms with Crippen LogP contribution in [0.15, 0.2) is 42.6 Å². The Kier molecular flexibility index (Phi) is 8.39. The summed E-state index contributed by atoms with van der Waals surface area (Å²) in [6, 6.07) is 13.0. The molecule has 152 valence electrons. The van der Waals surface area contributed by atoms with E-state index in [2.05, 4.69) is 36.2 Å². The van der Waals surface area contributed by atoms with E-state index in [1.807, 2.05) is 25.3 Å². The van der Waals surface area contributed by atoms with Crippen molar-refractivity contribution in [3.05, 3.63) is 48.2 Å². The summed E-state index contributed by atoms with van der Waals surface area (Å²) in [7, 11) is 0. The average molecular weight is 380 g/mol. The SMILES string of the molecule is CCCCC[C@H]1CC[C@H](CCc2ccc(-c3ccc(OCC)cn3)cc2)CC1. The van der Waals surface area contributed by atoms with Crippen molar-refractivity contribution < 1.29 is 4.74 Å². The first-order chi connectivity index (χ1) is 13.8. The van der Waals surface area contributed by atoms with Crippen LogP contribution in [0.1, 0.15) is 77.2 Å². The van der Waals surface area contributed by atoms with Crippen LogP contribution >= 0.6 is 0 Å². The van der Waals surface area contributed by atoms with Crippen LogP contribution in [0.25, 0.3) is 11.3 Å². The van der Waals surface area contributed by atoms with Crippen LogP contribution in [0.2, 0.25) is 0 Å². The fourth-order valence-corrected chi connectivity index (χ4v) is 4.51. The molecule has 0 bridgehead atoms. The van der Waals surface area contributed by atoms with E-state index < -0.39 is 0 Å². The van der Waals surface area contributed by atoms with E-state index in [4.69, 9.17) is 4.74 Å². The van der Waals surface area contributed by atoms with Gasteiger partial charge in [-0.1, -0.05) is 82.6 Å². The number of unbranched alkanes of at least 4 members (excludes halogenated alkanes) is 2. The summed E-state index contributed by atoms with van der Waals surface area (Å²) in [6.07, 6.45) is 15.9.